The van der Waals surface area contributed by atoms with Crippen molar-refractivity contribution in [3.8, 4) is 17.5 Å². The molecule has 1 aromatic heterocycles. The van der Waals surface area contributed by atoms with Gasteiger partial charge in [0.05, 0.1) is 18.5 Å². The third-order valence-electron chi connectivity index (χ3n) is 5.22. The third-order valence-corrected chi connectivity index (χ3v) is 5.22. The summed E-state index contributed by atoms with van der Waals surface area (Å²) in [7, 11) is 0. The van der Waals surface area contributed by atoms with Gasteiger partial charge in [-0.1, -0.05) is 13.0 Å². The number of hydrogen-bond donors (Lipinski definition) is 1. The molecular weight excluding hydrogens is 321 g/mol. The molecule has 0 spiro atoms. The molecule has 0 bridgehead atoms. The highest BCUT2D eigenvalue weighted by atomic mass is 19.1. The summed E-state index contributed by atoms with van der Waals surface area (Å²) in [5.41, 5.74) is 0.905. The summed E-state index contributed by atoms with van der Waals surface area (Å²) in [6.07, 6.45) is 3.71. The van der Waals surface area contributed by atoms with Crippen molar-refractivity contribution in [1.29, 1.82) is 5.26 Å². The van der Waals surface area contributed by atoms with E-state index >= 15 is 0 Å². The molecule has 7 heteroatoms. The summed E-state index contributed by atoms with van der Waals surface area (Å²) >= 11 is 0. The average molecular weight is 343 g/mol. The first-order valence-electron chi connectivity index (χ1n) is 8.50. The first-order valence-corrected chi connectivity index (χ1v) is 8.50. The number of nitriles is 1. The molecule has 0 aliphatic carbocycles. The van der Waals surface area contributed by atoms with Crippen LogP contribution in [-0.4, -0.2) is 44.3 Å². The molecule has 25 heavy (non-hydrogen) atoms. The summed E-state index contributed by atoms with van der Waals surface area (Å²) in [4.78, 5) is 3.39. The predicted octanol–water partition coefficient (Wildman–Crippen LogP) is 2.83. The van der Waals surface area contributed by atoms with Crippen molar-refractivity contribution in [2.24, 2.45) is 5.41 Å². The van der Waals surface area contributed by atoms with Crippen LogP contribution in [0.25, 0.3) is 5.69 Å². The van der Waals surface area contributed by atoms with Crippen LogP contribution in [0, 0.1) is 16.7 Å². The molecule has 6 nitrogen and oxygen atoms in total. The number of piperidine rings is 1. The van der Waals surface area contributed by atoms with E-state index in [1.54, 1.807) is 24.5 Å². The molecule has 0 radical (unpaired) electrons. The summed E-state index contributed by atoms with van der Waals surface area (Å²) in [5.74, 6) is 0.0925. The highest BCUT2D eigenvalue weighted by molar-refractivity contribution is 5.46. The number of halogens is 1. The SMILES string of the molecule is CCC1(CC#N)CCN(Cc2ccc(-n3nccn3)c(O)c2)CC1F. The van der Waals surface area contributed by atoms with Crippen molar-refractivity contribution in [3.05, 3.63) is 36.2 Å². The van der Waals surface area contributed by atoms with E-state index in [4.69, 9.17) is 5.26 Å². The number of aromatic nitrogens is 3. The second-order valence-electron chi connectivity index (χ2n) is 6.65. The first kappa shape index (κ1) is 17.4. The number of phenolic OH excluding ortho intramolecular Hbond substituents is 1. The standard InChI is InChI=1S/C18H22FN5O/c1-2-18(5-7-20)6-10-23(13-17(18)19)12-14-3-4-15(16(25)11-14)24-21-8-9-22-24/h3-4,8-9,11,17,25H,2,5-6,10,12-13H2,1H3. The lowest BCUT2D eigenvalue weighted by Gasteiger charge is -2.42. The zero-order valence-electron chi connectivity index (χ0n) is 14.3. The van der Waals surface area contributed by atoms with Crippen LogP contribution >= 0.6 is 0 Å². The van der Waals surface area contributed by atoms with Crippen molar-refractivity contribution in [2.45, 2.75) is 38.9 Å². The van der Waals surface area contributed by atoms with Gasteiger partial charge < -0.3 is 5.11 Å². The van der Waals surface area contributed by atoms with Crippen molar-refractivity contribution in [2.75, 3.05) is 13.1 Å². The minimum Gasteiger partial charge on any atom is -0.506 e. The lowest BCUT2D eigenvalue weighted by molar-refractivity contribution is 0.00333. The van der Waals surface area contributed by atoms with Gasteiger partial charge in [0.25, 0.3) is 0 Å². The summed E-state index contributed by atoms with van der Waals surface area (Å²) < 4.78 is 14.7. The van der Waals surface area contributed by atoms with Crippen LogP contribution in [0.1, 0.15) is 31.7 Å². The normalized spacial score (nSPS) is 24.1. The molecule has 1 saturated heterocycles. The van der Waals surface area contributed by atoms with Gasteiger partial charge in [-0.3, -0.25) is 4.90 Å². The molecule has 0 amide bonds. The van der Waals surface area contributed by atoms with Crippen LogP contribution < -0.4 is 0 Å². The number of aromatic hydroxyl groups is 1. The van der Waals surface area contributed by atoms with E-state index in [1.807, 2.05) is 17.9 Å². The Balaban J connectivity index is 1.68. The average Bonchev–Trinajstić information content (AvgIpc) is 3.12. The van der Waals surface area contributed by atoms with Gasteiger partial charge in [0.15, 0.2) is 0 Å². The molecule has 2 atom stereocenters. The van der Waals surface area contributed by atoms with Gasteiger partial charge in [0.1, 0.15) is 17.6 Å². The molecule has 0 saturated carbocycles. The van der Waals surface area contributed by atoms with E-state index in [9.17, 15) is 9.50 Å². The van der Waals surface area contributed by atoms with E-state index < -0.39 is 11.6 Å². The molecule has 1 aliphatic heterocycles. The summed E-state index contributed by atoms with van der Waals surface area (Å²) in [5, 5.41) is 27.2. The zero-order chi connectivity index (χ0) is 17.9. The minimum absolute atomic E-state index is 0.0925. The van der Waals surface area contributed by atoms with E-state index in [2.05, 4.69) is 16.3 Å². The quantitative estimate of drug-likeness (QED) is 0.903. The van der Waals surface area contributed by atoms with Gasteiger partial charge in [0.2, 0.25) is 0 Å². The fraction of sp³-hybridized carbons (Fsp3) is 0.500. The Morgan fingerprint density at radius 3 is 2.76 bits per heavy atom. The molecule has 2 aromatic rings. The second kappa shape index (κ2) is 7.19. The van der Waals surface area contributed by atoms with Crippen LogP contribution in [0.4, 0.5) is 4.39 Å². The van der Waals surface area contributed by atoms with Crippen molar-refractivity contribution < 1.29 is 9.50 Å². The van der Waals surface area contributed by atoms with Crippen LogP contribution in [-0.2, 0) is 6.54 Å². The Morgan fingerprint density at radius 2 is 2.16 bits per heavy atom. The Morgan fingerprint density at radius 1 is 1.40 bits per heavy atom. The van der Waals surface area contributed by atoms with Crippen molar-refractivity contribution in [3.63, 3.8) is 0 Å². The number of likely N-dealkylation sites (tertiary alicyclic amines) is 1. The van der Waals surface area contributed by atoms with Gasteiger partial charge in [-0.05, 0) is 37.1 Å². The number of benzene rings is 1. The minimum atomic E-state index is -1.01. The fourth-order valence-corrected chi connectivity index (χ4v) is 3.51. The second-order valence-corrected chi connectivity index (χ2v) is 6.65. The molecule has 3 rings (SSSR count). The lowest BCUT2D eigenvalue weighted by Crippen LogP contribution is -2.48. The van der Waals surface area contributed by atoms with Gasteiger partial charge >= 0.3 is 0 Å². The van der Waals surface area contributed by atoms with Gasteiger partial charge in [-0.15, -0.1) is 4.80 Å². The Hall–Kier alpha value is -2.46. The van der Waals surface area contributed by atoms with E-state index in [1.165, 1.54) is 4.80 Å². The van der Waals surface area contributed by atoms with Crippen LogP contribution in [0.3, 0.4) is 0 Å². The van der Waals surface area contributed by atoms with Crippen LogP contribution in [0.5, 0.6) is 5.75 Å². The smallest absolute Gasteiger partial charge is 0.143 e. The highest BCUT2D eigenvalue weighted by Gasteiger charge is 2.42. The van der Waals surface area contributed by atoms with E-state index in [0.29, 0.717) is 31.6 Å². The molecule has 2 heterocycles. The zero-order valence-corrected chi connectivity index (χ0v) is 14.3. The number of alkyl halides is 1. The van der Waals surface area contributed by atoms with Crippen molar-refractivity contribution in [1.82, 2.24) is 19.9 Å². The van der Waals surface area contributed by atoms with E-state index in [0.717, 1.165) is 12.1 Å². The summed E-state index contributed by atoms with van der Waals surface area (Å²) in [6.45, 7) is 3.59. The first-order chi connectivity index (χ1) is 12.1. The maximum absolute atomic E-state index is 14.7. The summed E-state index contributed by atoms with van der Waals surface area (Å²) in [6, 6.07) is 7.46. The molecule has 2 unspecified atom stereocenters. The van der Waals surface area contributed by atoms with Crippen molar-refractivity contribution >= 4 is 0 Å². The Kier molecular flexibility index (Phi) is 5.00. The topological polar surface area (TPSA) is 78.0 Å². The number of nitrogens with zero attached hydrogens (tertiary/aromatic N) is 5. The number of hydrogen-bond acceptors (Lipinski definition) is 5. The predicted molar refractivity (Wildman–Crippen MR) is 90.8 cm³/mol. The van der Waals surface area contributed by atoms with Crippen LogP contribution in [0.15, 0.2) is 30.6 Å². The maximum Gasteiger partial charge on any atom is 0.143 e. The molecule has 132 valence electrons. The maximum atomic E-state index is 14.7. The monoisotopic (exact) mass is 343 g/mol. The van der Waals surface area contributed by atoms with E-state index in [-0.39, 0.29) is 12.2 Å². The number of phenols is 1. The molecule has 1 fully saturated rings. The Labute approximate surface area is 146 Å². The molecule has 1 aromatic carbocycles. The fourth-order valence-electron chi connectivity index (χ4n) is 3.51. The molecule has 1 aliphatic rings. The molecular formula is C18H22FN5O. The van der Waals surface area contributed by atoms with Gasteiger partial charge in [-0.25, -0.2) is 4.39 Å². The van der Waals surface area contributed by atoms with Gasteiger partial charge in [0, 0.05) is 24.9 Å². The van der Waals surface area contributed by atoms with Gasteiger partial charge in [-0.2, -0.15) is 15.5 Å². The third kappa shape index (κ3) is 3.49. The number of rotatable bonds is 5. The molecule has 1 N–H and O–H groups in total. The lowest BCUT2D eigenvalue weighted by atomic mass is 9.72. The van der Waals surface area contributed by atoms with Crippen LogP contribution in [0.2, 0.25) is 0 Å². The largest absolute Gasteiger partial charge is 0.506 e. The Bertz CT molecular complexity index is 757. The highest BCUT2D eigenvalue weighted by Crippen LogP contribution is 2.40.